The van der Waals surface area contributed by atoms with Gasteiger partial charge in [-0.2, -0.15) is 0 Å². The summed E-state index contributed by atoms with van der Waals surface area (Å²) >= 11 is 0. The van der Waals surface area contributed by atoms with Gasteiger partial charge >= 0.3 is 0 Å². The van der Waals surface area contributed by atoms with Gasteiger partial charge in [-0.3, -0.25) is 4.98 Å². The molecule has 2 rings (SSSR count). The van der Waals surface area contributed by atoms with Crippen LogP contribution < -0.4 is 0 Å². The lowest BCUT2D eigenvalue weighted by molar-refractivity contribution is 0.289. The van der Waals surface area contributed by atoms with Crippen molar-refractivity contribution < 1.29 is 5.11 Å². The van der Waals surface area contributed by atoms with E-state index in [1.807, 2.05) is 12.3 Å². The molecule has 1 aromatic carbocycles. The van der Waals surface area contributed by atoms with Crippen LogP contribution in [-0.2, 0) is 6.42 Å². The van der Waals surface area contributed by atoms with E-state index >= 15 is 0 Å². The molecule has 0 fully saturated rings. The van der Waals surface area contributed by atoms with Crippen molar-refractivity contribution in [3.63, 3.8) is 0 Å². The lowest BCUT2D eigenvalue weighted by Gasteiger charge is -2.04. The fourth-order valence-corrected chi connectivity index (χ4v) is 1.66. The van der Waals surface area contributed by atoms with Gasteiger partial charge in [0.1, 0.15) is 0 Å². The van der Waals surface area contributed by atoms with Crippen LogP contribution >= 0.6 is 0 Å². The number of benzene rings is 1. The first-order valence-electron chi connectivity index (χ1n) is 4.84. The third kappa shape index (κ3) is 1.75. The number of aromatic nitrogens is 1. The van der Waals surface area contributed by atoms with Crippen LogP contribution in [0.25, 0.3) is 10.8 Å². The zero-order valence-corrected chi connectivity index (χ0v) is 7.98. The number of aliphatic hydroxyl groups is 1. The molecular formula is C12H13NO. The van der Waals surface area contributed by atoms with Crippen molar-refractivity contribution >= 4 is 10.8 Å². The van der Waals surface area contributed by atoms with E-state index in [0.29, 0.717) is 0 Å². The van der Waals surface area contributed by atoms with Gasteiger partial charge in [-0.15, -0.1) is 0 Å². The smallest absolute Gasteiger partial charge is 0.0434 e. The van der Waals surface area contributed by atoms with Gasteiger partial charge in [0, 0.05) is 24.4 Å². The second kappa shape index (κ2) is 4.20. The number of pyridine rings is 1. The van der Waals surface area contributed by atoms with Crippen LogP contribution in [0.1, 0.15) is 12.0 Å². The molecule has 2 heteroatoms. The Bertz CT molecular complexity index is 420. The van der Waals surface area contributed by atoms with Crippen LogP contribution in [-0.4, -0.2) is 16.7 Å². The van der Waals surface area contributed by atoms with Crippen LogP contribution in [0.4, 0.5) is 0 Å². The fourth-order valence-electron chi connectivity index (χ4n) is 1.66. The Kier molecular flexibility index (Phi) is 2.75. The molecule has 0 radical (unpaired) electrons. The van der Waals surface area contributed by atoms with Crippen molar-refractivity contribution in [3.8, 4) is 0 Å². The van der Waals surface area contributed by atoms with E-state index in [1.54, 1.807) is 6.20 Å². The second-order valence-electron chi connectivity index (χ2n) is 3.34. The molecule has 0 aliphatic carbocycles. The van der Waals surface area contributed by atoms with Gasteiger partial charge in [-0.25, -0.2) is 0 Å². The van der Waals surface area contributed by atoms with Gasteiger partial charge in [0.2, 0.25) is 0 Å². The number of hydrogen-bond donors (Lipinski definition) is 1. The molecule has 0 saturated heterocycles. The van der Waals surface area contributed by atoms with Gasteiger partial charge in [0.05, 0.1) is 0 Å². The minimum absolute atomic E-state index is 0.247. The molecular weight excluding hydrogens is 174 g/mol. The lowest BCUT2D eigenvalue weighted by atomic mass is 10.0. The summed E-state index contributed by atoms with van der Waals surface area (Å²) in [6.45, 7) is 0.247. The monoisotopic (exact) mass is 187 g/mol. The largest absolute Gasteiger partial charge is 0.396 e. The summed E-state index contributed by atoms with van der Waals surface area (Å²) in [5.74, 6) is 0. The summed E-state index contributed by atoms with van der Waals surface area (Å²) < 4.78 is 0. The van der Waals surface area contributed by atoms with E-state index in [4.69, 9.17) is 5.11 Å². The standard InChI is InChI=1S/C12H13NO/c14-8-2-5-10-3-1-4-11-6-7-13-9-12(10)11/h1,3-4,6-7,9,14H,2,5,8H2. The molecule has 0 amide bonds. The molecule has 1 N–H and O–H groups in total. The molecule has 1 aromatic heterocycles. The Hall–Kier alpha value is -1.41. The highest BCUT2D eigenvalue weighted by atomic mass is 16.2. The van der Waals surface area contributed by atoms with Gasteiger partial charge in [-0.1, -0.05) is 18.2 Å². The van der Waals surface area contributed by atoms with Crippen molar-refractivity contribution in [1.82, 2.24) is 4.98 Å². The summed E-state index contributed by atoms with van der Waals surface area (Å²) in [5.41, 5.74) is 1.27. The fraction of sp³-hybridized carbons (Fsp3) is 0.250. The van der Waals surface area contributed by atoms with Crippen molar-refractivity contribution in [3.05, 3.63) is 42.2 Å². The predicted molar refractivity (Wildman–Crippen MR) is 57.1 cm³/mol. The highest BCUT2D eigenvalue weighted by molar-refractivity contribution is 5.84. The number of aryl methyl sites for hydroxylation is 1. The second-order valence-corrected chi connectivity index (χ2v) is 3.34. The Labute approximate surface area is 83.2 Å². The molecule has 0 atom stereocenters. The van der Waals surface area contributed by atoms with Crippen molar-refractivity contribution in [2.24, 2.45) is 0 Å². The van der Waals surface area contributed by atoms with Gasteiger partial charge in [0.15, 0.2) is 0 Å². The molecule has 0 saturated carbocycles. The quantitative estimate of drug-likeness (QED) is 0.798. The maximum atomic E-state index is 8.78. The topological polar surface area (TPSA) is 33.1 Å². The Morgan fingerprint density at radius 1 is 1.21 bits per heavy atom. The molecule has 2 nitrogen and oxygen atoms in total. The first-order valence-corrected chi connectivity index (χ1v) is 4.84. The van der Waals surface area contributed by atoms with E-state index in [2.05, 4.69) is 23.2 Å². The minimum Gasteiger partial charge on any atom is -0.396 e. The van der Waals surface area contributed by atoms with Crippen molar-refractivity contribution in [2.45, 2.75) is 12.8 Å². The third-order valence-corrected chi connectivity index (χ3v) is 2.38. The summed E-state index contributed by atoms with van der Waals surface area (Å²) in [6.07, 6.45) is 5.42. The van der Waals surface area contributed by atoms with Crippen LogP contribution in [0, 0.1) is 0 Å². The van der Waals surface area contributed by atoms with E-state index in [0.717, 1.165) is 12.8 Å². The van der Waals surface area contributed by atoms with Crippen LogP contribution in [0.2, 0.25) is 0 Å². The van der Waals surface area contributed by atoms with Crippen molar-refractivity contribution in [1.29, 1.82) is 0 Å². The Morgan fingerprint density at radius 2 is 2.14 bits per heavy atom. The van der Waals surface area contributed by atoms with Crippen LogP contribution in [0.5, 0.6) is 0 Å². The first kappa shape index (κ1) is 9.16. The third-order valence-electron chi connectivity index (χ3n) is 2.38. The van der Waals surface area contributed by atoms with Crippen LogP contribution in [0.15, 0.2) is 36.7 Å². The predicted octanol–water partition coefficient (Wildman–Crippen LogP) is 2.16. The van der Waals surface area contributed by atoms with E-state index in [-0.39, 0.29) is 6.61 Å². The molecule has 0 spiro atoms. The molecule has 0 aliphatic rings. The maximum absolute atomic E-state index is 8.78. The zero-order valence-electron chi connectivity index (χ0n) is 7.98. The Balaban J connectivity index is 2.43. The first-order chi connectivity index (χ1) is 6.92. The summed E-state index contributed by atoms with van der Waals surface area (Å²) in [4.78, 5) is 4.12. The molecule has 0 aliphatic heterocycles. The number of rotatable bonds is 3. The summed E-state index contributed by atoms with van der Waals surface area (Å²) in [6, 6.07) is 8.24. The molecule has 2 aromatic rings. The zero-order chi connectivity index (χ0) is 9.80. The molecule has 72 valence electrons. The average Bonchev–Trinajstić information content (AvgIpc) is 2.26. The maximum Gasteiger partial charge on any atom is 0.0434 e. The molecule has 0 bridgehead atoms. The summed E-state index contributed by atoms with van der Waals surface area (Å²) in [7, 11) is 0. The SMILES string of the molecule is OCCCc1cccc2ccncc12. The highest BCUT2D eigenvalue weighted by Crippen LogP contribution is 2.18. The lowest BCUT2D eigenvalue weighted by Crippen LogP contribution is -1.91. The Morgan fingerprint density at radius 3 is 3.00 bits per heavy atom. The molecule has 1 heterocycles. The van der Waals surface area contributed by atoms with Gasteiger partial charge < -0.3 is 5.11 Å². The average molecular weight is 187 g/mol. The number of nitrogens with zero attached hydrogens (tertiary/aromatic N) is 1. The van der Waals surface area contributed by atoms with E-state index < -0.39 is 0 Å². The normalized spacial score (nSPS) is 10.6. The molecule has 0 unspecified atom stereocenters. The van der Waals surface area contributed by atoms with Gasteiger partial charge in [-0.05, 0) is 29.9 Å². The number of hydrogen-bond acceptors (Lipinski definition) is 2. The highest BCUT2D eigenvalue weighted by Gasteiger charge is 1.99. The van der Waals surface area contributed by atoms with Gasteiger partial charge in [0.25, 0.3) is 0 Å². The van der Waals surface area contributed by atoms with E-state index in [9.17, 15) is 0 Å². The number of fused-ring (bicyclic) bond motifs is 1. The minimum atomic E-state index is 0.247. The van der Waals surface area contributed by atoms with Crippen LogP contribution in [0.3, 0.4) is 0 Å². The number of aliphatic hydroxyl groups excluding tert-OH is 1. The van der Waals surface area contributed by atoms with E-state index in [1.165, 1.54) is 16.3 Å². The van der Waals surface area contributed by atoms with Crippen molar-refractivity contribution in [2.75, 3.05) is 6.61 Å². The summed E-state index contributed by atoms with van der Waals surface area (Å²) in [5, 5.41) is 11.2. The molecule has 14 heavy (non-hydrogen) atoms.